The van der Waals surface area contributed by atoms with E-state index in [1.807, 2.05) is 11.6 Å². The van der Waals surface area contributed by atoms with Crippen LogP contribution in [0.4, 0.5) is 10.7 Å². The quantitative estimate of drug-likeness (QED) is 0.773. The maximum Gasteiger partial charge on any atom is 0.335 e. The highest BCUT2D eigenvalue weighted by Crippen LogP contribution is 2.08. The van der Waals surface area contributed by atoms with E-state index in [2.05, 4.69) is 15.3 Å². The number of aromatic nitrogens is 2. The normalized spacial score (nSPS) is 11.0. The number of nitrogens with zero attached hydrogens (tertiary/aromatic N) is 1. The number of sulfonamides is 1. The van der Waals surface area contributed by atoms with Gasteiger partial charge in [0, 0.05) is 5.56 Å². The van der Waals surface area contributed by atoms with Gasteiger partial charge in [0.05, 0.1) is 10.6 Å². The number of carbonyl (C=O) groups excluding carboxylic acids is 1. The zero-order chi connectivity index (χ0) is 17.0. The molecule has 0 spiro atoms. The summed E-state index contributed by atoms with van der Waals surface area (Å²) in [6.45, 7) is 3.44. The average molecular weight is 336 g/mol. The Bertz CT molecular complexity index is 875. The molecule has 0 aliphatic heterocycles. The Morgan fingerprint density at radius 3 is 2.52 bits per heavy atom. The van der Waals surface area contributed by atoms with Crippen molar-refractivity contribution in [3.63, 3.8) is 0 Å². The summed E-state index contributed by atoms with van der Waals surface area (Å²) in [5, 5.41) is 2.21. The summed E-state index contributed by atoms with van der Waals surface area (Å²) >= 11 is 0. The first kappa shape index (κ1) is 16.7. The zero-order valence-corrected chi connectivity index (χ0v) is 13.4. The molecule has 0 aliphatic carbocycles. The minimum atomic E-state index is -4.00. The van der Waals surface area contributed by atoms with Gasteiger partial charge in [0.15, 0.2) is 0 Å². The summed E-state index contributed by atoms with van der Waals surface area (Å²) in [6, 6.07) is 6.45. The van der Waals surface area contributed by atoms with Crippen molar-refractivity contribution in [2.24, 2.45) is 0 Å². The standard InChI is InChI=1S/C14H16N4O4S/c1-3-11-9(2)12(19)16-13(15-11)17-14(20)18-23(21,22)10-7-5-4-6-8-10/h4-8H,3H2,1-2H3,(H3,15,16,17,18,19,20). The Labute approximate surface area is 133 Å². The van der Waals surface area contributed by atoms with Crippen LogP contribution in [0.25, 0.3) is 0 Å². The molecular formula is C14H16N4O4S. The number of urea groups is 1. The second-order valence-electron chi connectivity index (χ2n) is 4.71. The number of hydrogen-bond donors (Lipinski definition) is 3. The minimum absolute atomic E-state index is 0.0465. The number of carbonyl (C=O) groups is 1. The van der Waals surface area contributed by atoms with Crippen molar-refractivity contribution in [1.29, 1.82) is 0 Å². The highest BCUT2D eigenvalue weighted by molar-refractivity contribution is 7.90. The van der Waals surface area contributed by atoms with Crippen molar-refractivity contribution in [3.8, 4) is 0 Å². The SMILES string of the molecule is CCc1nc(NC(=O)NS(=O)(=O)c2ccccc2)[nH]c(=O)c1C. The number of hydrogen-bond acceptors (Lipinski definition) is 5. The first-order valence-electron chi connectivity index (χ1n) is 6.82. The molecule has 2 rings (SSSR count). The van der Waals surface area contributed by atoms with Gasteiger partial charge in [-0.05, 0) is 25.5 Å². The Morgan fingerprint density at radius 1 is 1.26 bits per heavy atom. The summed E-state index contributed by atoms with van der Waals surface area (Å²) < 4.78 is 25.9. The smallest absolute Gasteiger partial charge is 0.292 e. The van der Waals surface area contributed by atoms with Crippen molar-refractivity contribution < 1.29 is 13.2 Å². The van der Waals surface area contributed by atoms with E-state index in [-0.39, 0.29) is 10.8 Å². The minimum Gasteiger partial charge on any atom is -0.292 e. The van der Waals surface area contributed by atoms with Crippen molar-refractivity contribution >= 4 is 22.0 Å². The monoisotopic (exact) mass is 336 g/mol. The summed E-state index contributed by atoms with van der Waals surface area (Å²) in [5.41, 5.74) is 0.586. The number of aromatic amines is 1. The molecule has 2 amide bonds. The molecule has 8 nitrogen and oxygen atoms in total. The average Bonchev–Trinajstić information content (AvgIpc) is 2.51. The van der Waals surface area contributed by atoms with E-state index in [1.165, 1.54) is 12.1 Å². The largest absolute Gasteiger partial charge is 0.335 e. The third-order valence-electron chi connectivity index (χ3n) is 3.10. The molecular weight excluding hydrogens is 320 g/mol. The van der Waals surface area contributed by atoms with Crippen LogP contribution < -0.4 is 15.6 Å². The lowest BCUT2D eigenvalue weighted by molar-refractivity contribution is 0.256. The van der Waals surface area contributed by atoms with Crippen LogP contribution in [-0.4, -0.2) is 24.4 Å². The molecule has 122 valence electrons. The van der Waals surface area contributed by atoms with Crippen molar-refractivity contribution in [3.05, 3.63) is 51.9 Å². The fraction of sp³-hybridized carbons (Fsp3) is 0.214. The van der Waals surface area contributed by atoms with Gasteiger partial charge in [0.2, 0.25) is 5.95 Å². The molecule has 23 heavy (non-hydrogen) atoms. The van der Waals surface area contributed by atoms with Crippen LogP contribution in [0.2, 0.25) is 0 Å². The Balaban J connectivity index is 2.17. The summed E-state index contributed by atoms with van der Waals surface area (Å²) in [7, 11) is -4.00. The number of aryl methyl sites for hydroxylation is 1. The van der Waals surface area contributed by atoms with E-state index < -0.39 is 21.6 Å². The topological polar surface area (TPSA) is 121 Å². The summed E-state index contributed by atoms with van der Waals surface area (Å²) in [6.07, 6.45) is 0.508. The number of benzene rings is 1. The van der Waals surface area contributed by atoms with Crippen molar-refractivity contribution in [2.75, 3.05) is 5.32 Å². The summed E-state index contributed by atoms with van der Waals surface area (Å²) in [4.78, 5) is 30.0. The lowest BCUT2D eigenvalue weighted by atomic mass is 10.2. The fourth-order valence-corrected chi connectivity index (χ4v) is 2.82. The fourth-order valence-electron chi connectivity index (χ4n) is 1.90. The van der Waals surface area contributed by atoms with Gasteiger partial charge in [-0.2, -0.15) is 0 Å². The molecule has 9 heteroatoms. The molecule has 1 aromatic heterocycles. The van der Waals surface area contributed by atoms with Crippen molar-refractivity contribution in [2.45, 2.75) is 25.2 Å². The Morgan fingerprint density at radius 2 is 1.91 bits per heavy atom. The van der Waals surface area contributed by atoms with Gasteiger partial charge in [-0.15, -0.1) is 0 Å². The molecule has 1 aromatic carbocycles. The number of rotatable bonds is 4. The van der Waals surface area contributed by atoms with Crippen LogP contribution in [0.5, 0.6) is 0 Å². The Kier molecular flexibility index (Phi) is 4.80. The molecule has 0 unspecified atom stereocenters. The van der Waals surface area contributed by atoms with Gasteiger partial charge in [-0.25, -0.2) is 22.9 Å². The number of anilines is 1. The van der Waals surface area contributed by atoms with E-state index in [0.29, 0.717) is 17.7 Å². The third kappa shape index (κ3) is 3.95. The van der Waals surface area contributed by atoms with Crippen LogP contribution in [0, 0.1) is 6.92 Å². The molecule has 0 radical (unpaired) electrons. The second-order valence-corrected chi connectivity index (χ2v) is 6.39. The van der Waals surface area contributed by atoms with Gasteiger partial charge < -0.3 is 0 Å². The zero-order valence-electron chi connectivity index (χ0n) is 12.6. The first-order chi connectivity index (χ1) is 10.8. The highest BCUT2D eigenvalue weighted by atomic mass is 32.2. The molecule has 1 heterocycles. The van der Waals surface area contributed by atoms with E-state index in [4.69, 9.17) is 0 Å². The lowest BCUT2D eigenvalue weighted by Gasteiger charge is -2.09. The van der Waals surface area contributed by atoms with Crippen molar-refractivity contribution in [1.82, 2.24) is 14.7 Å². The molecule has 0 bridgehead atoms. The number of nitrogens with one attached hydrogen (secondary N) is 3. The molecule has 0 atom stereocenters. The lowest BCUT2D eigenvalue weighted by Crippen LogP contribution is -2.35. The van der Waals surface area contributed by atoms with Crippen LogP contribution in [-0.2, 0) is 16.4 Å². The predicted octanol–water partition coefficient (Wildman–Crippen LogP) is 1.15. The van der Waals surface area contributed by atoms with Gasteiger partial charge in [0.25, 0.3) is 15.6 Å². The van der Waals surface area contributed by atoms with Crippen LogP contribution in [0.15, 0.2) is 40.0 Å². The second kappa shape index (κ2) is 6.61. The first-order valence-corrected chi connectivity index (χ1v) is 8.30. The molecule has 0 aliphatic rings. The maximum atomic E-state index is 12.0. The molecule has 2 aromatic rings. The van der Waals surface area contributed by atoms with Crippen LogP contribution >= 0.6 is 0 Å². The van der Waals surface area contributed by atoms with E-state index in [1.54, 1.807) is 25.1 Å². The molecule has 0 saturated carbocycles. The Hall–Kier alpha value is -2.68. The molecule has 3 N–H and O–H groups in total. The van der Waals surface area contributed by atoms with E-state index in [9.17, 15) is 18.0 Å². The van der Waals surface area contributed by atoms with Gasteiger partial charge in [0.1, 0.15) is 0 Å². The third-order valence-corrected chi connectivity index (χ3v) is 4.45. The van der Waals surface area contributed by atoms with Crippen LogP contribution in [0.3, 0.4) is 0 Å². The van der Waals surface area contributed by atoms with Gasteiger partial charge in [-0.3, -0.25) is 15.1 Å². The summed E-state index contributed by atoms with van der Waals surface area (Å²) in [5.74, 6) is -0.113. The molecule has 0 saturated heterocycles. The molecule has 0 fully saturated rings. The number of amides is 2. The van der Waals surface area contributed by atoms with E-state index in [0.717, 1.165) is 0 Å². The number of H-pyrrole nitrogens is 1. The van der Waals surface area contributed by atoms with E-state index >= 15 is 0 Å². The maximum absolute atomic E-state index is 12.0. The van der Waals surface area contributed by atoms with Gasteiger partial charge >= 0.3 is 6.03 Å². The van der Waals surface area contributed by atoms with Crippen LogP contribution in [0.1, 0.15) is 18.2 Å². The van der Waals surface area contributed by atoms with Gasteiger partial charge in [-0.1, -0.05) is 25.1 Å². The predicted molar refractivity (Wildman–Crippen MR) is 84.8 cm³/mol. The highest BCUT2D eigenvalue weighted by Gasteiger charge is 2.18.